The predicted molar refractivity (Wildman–Crippen MR) is 142 cm³/mol. The molecule has 0 aromatic heterocycles. The summed E-state index contributed by atoms with van der Waals surface area (Å²) < 4.78 is 7.33. The average molecular weight is 539 g/mol. The summed E-state index contributed by atoms with van der Waals surface area (Å²) in [5.74, 6) is 6.76. The lowest BCUT2D eigenvalue weighted by Gasteiger charge is -2.26. The average Bonchev–Trinajstić information content (AvgIpc) is 2.82. The van der Waals surface area contributed by atoms with Crippen molar-refractivity contribution in [2.24, 2.45) is 5.84 Å². The Morgan fingerprint density at radius 2 is 1.88 bits per heavy atom. The fourth-order valence-electron chi connectivity index (χ4n) is 3.37. The van der Waals surface area contributed by atoms with E-state index >= 15 is 0 Å². The summed E-state index contributed by atoms with van der Waals surface area (Å²) in [7, 11) is 1.64. The Balaban J connectivity index is 1.87. The molecule has 0 radical (unpaired) electrons. The summed E-state index contributed by atoms with van der Waals surface area (Å²) in [5, 5.41) is 1.17. The van der Waals surface area contributed by atoms with Gasteiger partial charge in [0.2, 0.25) is 0 Å². The summed E-state index contributed by atoms with van der Waals surface area (Å²) in [6, 6.07) is 21.5. The molecule has 3 aromatic carbocycles. The Morgan fingerprint density at radius 1 is 1.12 bits per heavy atom. The van der Waals surface area contributed by atoms with Gasteiger partial charge in [0.15, 0.2) is 0 Å². The van der Waals surface area contributed by atoms with Crippen LogP contribution in [0.1, 0.15) is 22.3 Å². The maximum atomic E-state index is 12.9. The Hall–Kier alpha value is -3.10. The fourth-order valence-corrected chi connectivity index (χ4v) is 4.29. The van der Waals surface area contributed by atoms with Gasteiger partial charge in [0.25, 0.3) is 5.91 Å². The minimum absolute atomic E-state index is 0.328. The zero-order chi connectivity index (χ0) is 23.1. The molecule has 3 rings (SSSR count). The van der Waals surface area contributed by atoms with Gasteiger partial charge >= 0.3 is 0 Å². The number of halogens is 1. The minimum Gasteiger partial charge on any atom is -0.496 e. The van der Waals surface area contributed by atoms with E-state index in [2.05, 4.69) is 41.6 Å². The molecule has 0 fully saturated rings. The second-order valence-electron chi connectivity index (χ2n) is 7.20. The monoisotopic (exact) mass is 539 g/mol. The van der Waals surface area contributed by atoms with Crippen molar-refractivity contribution in [3.63, 3.8) is 0 Å². The normalized spacial score (nSPS) is 10.8. The van der Waals surface area contributed by atoms with Crippen LogP contribution in [0.3, 0.4) is 0 Å². The number of hydrazine groups is 1. The van der Waals surface area contributed by atoms with E-state index in [0.29, 0.717) is 12.2 Å². The number of benzene rings is 3. The van der Waals surface area contributed by atoms with Crippen molar-refractivity contribution in [1.29, 1.82) is 0 Å². The third kappa shape index (κ3) is 5.57. The highest BCUT2D eigenvalue weighted by molar-refractivity contribution is 14.1. The first-order chi connectivity index (χ1) is 15.4. The number of anilines is 2. The minimum atomic E-state index is -0.328. The molecule has 3 aromatic rings. The number of hydrogen-bond acceptors (Lipinski definition) is 4. The molecule has 32 heavy (non-hydrogen) atoms. The second-order valence-corrected chi connectivity index (χ2v) is 8.36. The van der Waals surface area contributed by atoms with E-state index < -0.39 is 0 Å². The van der Waals surface area contributed by atoms with Crippen molar-refractivity contribution in [3.8, 4) is 5.75 Å². The SMILES string of the molecule is C=Cc1cccc(N(N)C(=O)/C=C/c2ccc(OC)c(C)c2)c1N(I)Cc1ccccc1. The van der Waals surface area contributed by atoms with Crippen LogP contribution in [0.15, 0.2) is 79.4 Å². The van der Waals surface area contributed by atoms with Gasteiger partial charge in [0.05, 0.1) is 47.9 Å². The van der Waals surface area contributed by atoms with Gasteiger partial charge in [-0.25, -0.2) is 10.9 Å². The first-order valence-electron chi connectivity index (χ1n) is 10.1. The number of carbonyl (C=O) groups excluding carboxylic acids is 1. The highest BCUT2D eigenvalue weighted by atomic mass is 127. The van der Waals surface area contributed by atoms with Gasteiger partial charge in [-0.15, -0.1) is 0 Å². The van der Waals surface area contributed by atoms with Gasteiger partial charge in [-0.1, -0.05) is 61.2 Å². The van der Waals surface area contributed by atoms with Crippen molar-refractivity contribution < 1.29 is 9.53 Å². The fraction of sp³-hybridized carbons (Fsp3) is 0.115. The van der Waals surface area contributed by atoms with E-state index in [4.69, 9.17) is 10.6 Å². The van der Waals surface area contributed by atoms with E-state index in [-0.39, 0.29) is 5.91 Å². The molecule has 0 aliphatic rings. The van der Waals surface area contributed by atoms with Crippen molar-refractivity contribution in [3.05, 3.63) is 102 Å². The van der Waals surface area contributed by atoms with Gasteiger partial charge in [0, 0.05) is 11.6 Å². The largest absolute Gasteiger partial charge is 0.496 e. The van der Waals surface area contributed by atoms with E-state index in [9.17, 15) is 4.79 Å². The van der Waals surface area contributed by atoms with Crippen LogP contribution in [0.2, 0.25) is 0 Å². The molecule has 5 nitrogen and oxygen atoms in total. The number of nitrogens with two attached hydrogens (primary N) is 1. The van der Waals surface area contributed by atoms with Gasteiger partial charge in [-0.3, -0.25) is 4.79 Å². The number of hydrogen-bond donors (Lipinski definition) is 1. The molecule has 1 amide bonds. The highest BCUT2D eigenvalue weighted by Gasteiger charge is 2.19. The number of para-hydroxylation sites is 1. The summed E-state index contributed by atoms with van der Waals surface area (Å²) in [6.45, 7) is 6.54. The Bertz CT molecular complexity index is 1130. The summed E-state index contributed by atoms with van der Waals surface area (Å²) in [5.41, 5.74) is 5.37. The van der Waals surface area contributed by atoms with Gasteiger partial charge in [0.1, 0.15) is 5.75 Å². The van der Waals surface area contributed by atoms with Crippen LogP contribution >= 0.6 is 22.9 Å². The van der Waals surface area contributed by atoms with Crippen LogP contribution in [-0.2, 0) is 11.3 Å². The Kier molecular flexibility index (Phi) is 8.08. The van der Waals surface area contributed by atoms with Gasteiger partial charge in [-0.05, 0) is 47.9 Å². The van der Waals surface area contributed by atoms with Crippen molar-refractivity contribution in [1.82, 2.24) is 0 Å². The van der Waals surface area contributed by atoms with Crippen LogP contribution in [0.4, 0.5) is 11.4 Å². The van der Waals surface area contributed by atoms with Crippen molar-refractivity contribution in [2.45, 2.75) is 13.5 Å². The third-order valence-electron chi connectivity index (χ3n) is 5.01. The molecule has 0 atom stereocenters. The van der Waals surface area contributed by atoms with Crippen LogP contribution in [0, 0.1) is 6.92 Å². The highest BCUT2D eigenvalue weighted by Crippen LogP contribution is 2.36. The molecule has 0 aliphatic carbocycles. The lowest BCUT2D eigenvalue weighted by Crippen LogP contribution is -2.37. The molecule has 0 bridgehead atoms. The van der Waals surface area contributed by atoms with Crippen molar-refractivity contribution in [2.75, 3.05) is 15.2 Å². The number of rotatable bonds is 8. The Labute approximate surface area is 203 Å². The molecule has 0 unspecified atom stereocenters. The number of ether oxygens (including phenoxy) is 1. The lowest BCUT2D eigenvalue weighted by atomic mass is 10.1. The quantitative estimate of drug-likeness (QED) is 0.0964. The summed E-state index contributed by atoms with van der Waals surface area (Å²) in [6.07, 6.45) is 4.99. The molecule has 0 aliphatic heterocycles. The predicted octanol–water partition coefficient (Wildman–Crippen LogP) is 5.92. The molecule has 0 saturated carbocycles. The van der Waals surface area contributed by atoms with Crippen molar-refractivity contribution >= 4 is 52.3 Å². The van der Waals surface area contributed by atoms with Crippen LogP contribution in [-0.4, -0.2) is 13.0 Å². The zero-order valence-electron chi connectivity index (χ0n) is 18.2. The molecule has 6 heteroatoms. The standard InChI is InChI=1S/C26H26IN3O2/c1-4-22-11-8-12-23(26(22)29(27)18-21-9-6-5-7-10-21)30(28)25(31)16-14-20-13-15-24(32-3)19(2)17-20/h4-17H,1,18,28H2,2-3H3/b16-14+. The smallest absolute Gasteiger partial charge is 0.265 e. The first kappa shape index (κ1) is 23.6. The maximum absolute atomic E-state index is 12.9. The molecular formula is C26H26IN3O2. The molecule has 2 N–H and O–H groups in total. The van der Waals surface area contributed by atoms with Crippen LogP contribution in [0.25, 0.3) is 12.2 Å². The molecule has 164 valence electrons. The third-order valence-corrected chi connectivity index (χ3v) is 5.83. The molecule has 0 saturated heterocycles. The van der Waals surface area contributed by atoms with Gasteiger partial charge in [-0.2, -0.15) is 0 Å². The summed E-state index contributed by atoms with van der Waals surface area (Å²) in [4.78, 5) is 12.9. The van der Waals surface area contributed by atoms with Crippen LogP contribution < -0.4 is 18.7 Å². The zero-order valence-corrected chi connectivity index (χ0v) is 20.3. The van der Waals surface area contributed by atoms with E-state index in [1.165, 1.54) is 11.1 Å². The number of aryl methyl sites for hydroxylation is 1. The second kappa shape index (κ2) is 11.0. The lowest BCUT2D eigenvalue weighted by molar-refractivity contribution is -0.114. The van der Waals surface area contributed by atoms with E-state index in [1.807, 2.05) is 64.6 Å². The maximum Gasteiger partial charge on any atom is 0.265 e. The first-order valence-corrected chi connectivity index (χ1v) is 11.0. The molecule has 0 spiro atoms. The topological polar surface area (TPSA) is 58.8 Å². The number of amides is 1. The summed E-state index contributed by atoms with van der Waals surface area (Å²) >= 11 is 2.25. The Morgan fingerprint density at radius 3 is 2.53 bits per heavy atom. The van der Waals surface area contributed by atoms with E-state index in [1.54, 1.807) is 19.3 Å². The molecular weight excluding hydrogens is 513 g/mol. The van der Waals surface area contributed by atoms with Gasteiger partial charge < -0.3 is 7.85 Å². The number of nitrogens with zero attached hydrogens (tertiary/aromatic N) is 2. The molecule has 0 heterocycles. The number of carbonyl (C=O) groups is 1. The van der Waals surface area contributed by atoms with E-state index in [0.717, 1.165) is 33.7 Å². The number of methoxy groups -OCH3 is 1. The van der Waals surface area contributed by atoms with Crippen LogP contribution in [0.5, 0.6) is 5.75 Å².